The molecule has 0 unspecified atom stereocenters. The second-order valence-electron chi connectivity index (χ2n) is 5.36. The van der Waals surface area contributed by atoms with E-state index in [4.69, 9.17) is 0 Å². The van der Waals surface area contributed by atoms with Crippen LogP contribution in [-0.2, 0) is 9.53 Å². The van der Waals surface area contributed by atoms with E-state index in [-0.39, 0.29) is 11.8 Å². The first kappa shape index (κ1) is 18.8. The summed E-state index contributed by atoms with van der Waals surface area (Å²) in [5.41, 5.74) is 1.02. The molecule has 23 heavy (non-hydrogen) atoms. The summed E-state index contributed by atoms with van der Waals surface area (Å²) in [6, 6.07) is 6.53. The molecule has 1 aromatic carbocycles. The number of carbonyl (C=O) groups excluding carboxylic acids is 2. The lowest BCUT2D eigenvalue weighted by molar-refractivity contribution is -0.135. The minimum Gasteiger partial charge on any atom is -0.465 e. The predicted octanol–water partition coefficient (Wildman–Crippen LogP) is 4.15. The maximum Gasteiger partial charge on any atom is 0.337 e. The number of methoxy groups -OCH3 is 1. The molecule has 0 aliphatic heterocycles. The average molecular weight is 319 g/mol. The predicted molar refractivity (Wildman–Crippen MR) is 88.4 cm³/mol. The van der Waals surface area contributed by atoms with Gasteiger partial charge in [0.2, 0.25) is 5.91 Å². The van der Waals surface area contributed by atoms with Crippen LogP contribution in [0.25, 0.3) is 0 Å². The molecular formula is C17H25N3O3. The summed E-state index contributed by atoms with van der Waals surface area (Å²) in [5.74, 6) is -0.415. The lowest BCUT2D eigenvalue weighted by Crippen LogP contribution is -2.28. The van der Waals surface area contributed by atoms with Crippen molar-refractivity contribution in [2.24, 2.45) is 16.3 Å². The molecule has 126 valence electrons. The van der Waals surface area contributed by atoms with Crippen molar-refractivity contribution >= 4 is 17.6 Å². The van der Waals surface area contributed by atoms with Crippen molar-refractivity contribution in [3.05, 3.63) is 29.8 Å². The van der Waals surface area contributed by atoms with Crippen LogP contribution in [0.5, 0.6) is 0 Å². The van der Waals surface area contributed by atoms with Crippen molar-refractivity contribution < 1.29 is 14.3 Å². The van der Waals surface area contributed by atoms with Gasteiger partial charge in [-0.2, -0.15) is 0 Å². The van der Waals surface area contributed by atoms with Crippen LogP contribution in [0, 0.1) is 5.92 Å². The van der Waals surface area contributed by atoms with Crippen molar-refractivity contribution in [3.63, 3.8) is 0 Å². The van der Waals surface area contributed by atoms with Gasteiger partial charge in [0.15, 0.2) is 0 Å². The number of carbonyl (C=O) groups is 2. The molecule has 1 amide bonds. The number of esters is 1. The Kier molecular flexibility index (Phi) is 7.94. The van der Waals surface area contributed by atoms with Gasteiger partial charge in [0.05, 0.1) is 18.4 Å². The number of ether oxygens (including phenoxy) is 1. The van der Waals surface area contributed by atoms with E-state index in [1.54, 1.807) is 31.3 Å². The van der Waals surface area contributed by atoms with Crippen molar-refractivity contribution in [1.29, 1.82) is 0 Å². The summed E-state index contributed by atoms with van der Waals surface area (Å²) < 4.78 is 4.63. The number of hydrogen-bond acceptors (Lipinski definition) is 5. The Morgan fingerprint density at radius 1 is 1.13 bits per heavy atom. The van der Waals surface area contributed by atoms with Crippen molar-refractivity contribution in [2.75, 3.05) is 14.2 Å². The Balaban J connectivity index is 2.71. The van der Waals surface area contributed by atoms with Gasteiger partial charge >= 0.3 is 5.97 Å². The van der Waals surface area contributed by atoms with Gasteiger partial charge in [0.1, 0.15) is 0 Å². The SMILES string of the molecule is CCCC(CCC)C(=O)N(C)N=Nc1ccc(C(=O)OC)cc1. The Morgan fingerprint density at radius 3 is 2.17 bits per heavy atom. The van der Waals surface area contributed by atoms with E-state index in [0.717, 1.165) is 25.7 Å². The Hall–Kier alpha value is -2.24. The largest absolute Gasteiger partial charge is 0.465 e. The van der Waals surface area contributed by atoms with Gasteiger partial charge in [-0.25, -0.2) is 9.80 Å². The number of hydrogen-bond donors (Lipinski definition) is 0. The summed E-state index contributed by atoms with van der Waals surface area (Å²) in [6.07, 6.45) is 3.66. The molecule has 0 spiro atoms. The van der Waals surface area contributed by atoms with Crippen LogP contribution in [0.1, 0.15) is 49.9 Å². The average Bonchev–Trinajstić information content (AvgIpc) is 2.58. The highest BCUT2D eigenvalue weighted by Gasteiger charge is 2.20. The van der Waals surface area contributed by atoms with Crippen LogP contribution < -0.4 is 0 Å². The molecule has 0 heterocycles. The summed E-state index contributed by atoms with van der Waals surface area (Å²) in [4.78, 5) is 23.7. The van der Waals surface area contributed by atoms with Crippen LogP contribution >= 0.6 is 0 Å². The summed E-state index contributed by atoms with van der Waals surface area (Å²) in [5, 5.41) is 9.30. The van der Waals surface area contributed by atoms with Gasteiger partial charge in [0, 0.05) is 13.0 Å². The highest BCUT2D eigenvalue weighted by Crippen LogP contribution is 2.18. The molecule has 0 saturated carbocycles. The second kappa shape index (κ2) is 9.71. The Morgan fingerprint density at radius 2 is 1.70 bits per heavy atom. The van der Waals surface area contributed by atoms with E-state index in [0.29, 0.717) is 11.3 Å². The zero-order chi connectivity index (χ0) is 17.2. The topological polar surface area (TPSA) is 71.3 Å². The fourth-order valence-corrected chi connectivity index (χ4v) is 2.30. The van der Waals surface area contributed by atoms with Gasteiger partial charge < -0.3 is 4.74 Å². The standard InChI is InChI=1S/C17H25N3O3/c1-5-7-13(8-6-2)16(21)20(3)19-18-15-11-9-14(10-12-15)17(22)23-4/h9-13H,5-8H2,1-4H3. The summed E-state index contributed by atoms with van der Waals surface area (Å²) in [6.45, 7) is 4.14. The van der Waals surface area contributed by atoms with Gasteiger partial charge in [-0.3, -0.25) is 4.79 Å². The molecule has 0 aliphatic rings. The van der Waals surface area contributed by atoms with Crippen LogP contribution in [-0.4, -0.2) is 31.0 Å². The monoisotopic (exact) mass is 319 g/mol. The molecule has 0 atom stereocenters. The third kappa shape index (κ3) is 5.81. The Labute approximate surface area is 137 Å². The molecule has 0 N–H and O–H groups in total. The lowest BCUT2D eigenvalue weighted by Gasteiger charge is -2.18. The molecule has 0 bridgehead atoms. The fraction of sp³-hybridized carbons (Fsp3) is 0.529. The van der Waals surface area contributed by atoms with Crippen LogP contribution in [0.4, 0.5) is 5.69 Å². The highest BCUT2D eigenvalue weighted by molar-refractivity contribution is 5.89. The van der Waals surface area contributed by atoms with E-state index in [1.807, 2.05) is 0 Å². The zero-order valence-corrected chi connectivity index (χ0v) is 14.3. The summed E-state index contributed by atoms with van der Waals surface area (Å²) >= 11 is 0. The smallest absolute Gasteiger partial charge is 0.337 e. The van der Waals surface area contributed by atoms with Gasteiger partial charge in [0.25, 0.3) is 0 Å². The molecule has 0 fully saturated rings. The second-order valence-corrected chi connectivity index (χ2v) is 5.36. The van der Waals surface area contributed by atoms with E-state index in [1.165, 1.54) is 12.1 Å². The van der Waals surface area contributed by atoms with Crippen LogP contribution in [0.15, 0.2) is 34.6 Å². The maximum atomic E-state index is 12.3. The maximum absolute atomic E-state index is 12.3. The van der Waals surface area contributed by atoms with Gasteiger partial charge in [-0.1, -0.05) is 31.9 Å². The van der Waals surface area contributed by atoms with Crippen molar-refractivity contribution in [2.45, 2.75) is 39.5 Å². The highest BCUT2D eigenvalue weighted by atomic mass is 16.5. The third-order valence-electron chi connectivity index (χ3n) is 3.53. The number of amides is 1. The van der Waals surface area contributed by atoms with Crippen LogP contribution in [0.3, 0.4) is 0 Å². The molecule has 0 radical (unpaired) electrons. The van der Waals surface area contributed by atoms with E-state index >= 15 is 0 Å². The molecule has 0 saturated heterocycles. The molecule has 0 aliphatic carbocycles. The third-order valence-corrected chi connectivity index (χ3v) is 3.53. The molecule has 6 nitrogen and oxygen atoms in total. The zero-order valence-electron chi connectivity index (χ0n) is 14.3. The number of nitrogens with zero attached hydrogens (tertiary/aromatic N) is 3. The molecule has 6 heteroatoms. The lowest BCUT2D eigenvalue weighted by atomic mass is 9.97. The van der Waals surface area contributed by atoms with E-state index in [2.05, 4.69) is 28.9 Å². The first-order valence-corrected chi connectivity index (χ1v) is 7.91. The molecular weight excluding hydrogens is 294 g/mol. The molecule has 1 rings (SSSR count). The van der Waals surface area contributed by atoms with Gasteiger partial charge in [-0.15, -0.1) is 5.11 Å². The van der Waals surface area contributed by atoms with Crippen LogP contribution in [0.2, 0.25) is 0 Å². The van der Waals surface area contributed by atoms with Crippen molar-refractivity contribution in [1.82, 2.24) is 5.01 Å². The quantitative estimate of drug-likeness (QED) is 0.410. The van der Waals surface area contributed by atoms with Crippen molar-refractivity contribution in [3.8, 4) is 0 Å². The minimum atomic E-state index is -0.400. The fourth-order valence-electron chi connectivity index (χ4n) is 2.30. The first-order valence-electron chi connectivity index (χ1n) is 7.91. The number of rotatable bonds is 8. The molecule has 1 aromatic rings. The minimum absolute atomic E-state index is 0.00403. The summed E-state index contributed by atoms with van der Waals surface area (Å²) in [7, 11) is 2.95. The van der Waals surface area contributed by atoms with Gasteiger partial charge in [-0.05, 0) is 37.1 Å². The normalized spacial score (nSPS) is 11.0. The van der Waals surface area contributed by atoms with E-state index < -0.39 is 5.97 Å². The number of benzene rings is 1. The molecule has 0 aromatic heterocycles. The Bertz CT molecular complexity index is 535. The first-order chi connectivity index (χ1) is 11.0. The van der Waals surface area contributed by atoms with E-state index in [9.17, 15) is 9.59 Å².